The number of rotatable bonds is 7. The van der Waals surface area contributed by atoms with Gasteiger partial charge in [-0.3, -0.25) is 14.9 Å². The van der Waals surface area contributed by atoms with E-state index in [1.54, 1.807) is 25.1 Å². The van der Waals surface area contributed by atoms with Crippen molar-refractivity contribution in [3.05, 3.63) is 70.8 Å². The van der Waals surface area contributed by atoms with Gasteiger partial charge in [-0.05, 0) is 30.7 Å². The van der Waals surface area contributed by atoms with Gasteiger partial charge < -0.3 is 9.88 Å². The van der Waals surface area contributed by atoms with Crippen LogP contribution in [0.2, 0.25) is 0 Å². The van der Waals surface area contributed by atoms with Gasteiger partial charge in [0.15, 0.2) is 5.16 Å². The van der Waals surface area contributed by atoms with E-state index in [1.165, 1.54) is 17.8 Å². The summed E-state index contributed by atoms with van der Waals surface area (Å²) in [7, 11) is 0. The minimum Gasteiger partial charge on any atom is -0.320 e. The van der Waals surface area contributed by atoms with Gasteiger partial charge in [-0.15, -0.1) is 6.58 Å². The van der Waals surface area contributed by atoms with Crippen LogP contribution in [-0.4, -0.2) is 26.1 Å². The minimum absolute atomic E-state index is 0.0888. The first-order valence-electron chi connectivity index (χ1n) is 8.23. The molecule has 0 fully saturated rings. The number of thioether (sulfide) groups is 1. The first kappa shape index (κ1) is 18.7. The molecule has 1 amide bonds. The summed E-state index contributed by atoms with van der Waals surface area (Å²) in [6.07, 6.45) is 1.77. The summed E-state index contributed by atoms with van der Waals surface area (Å²) < 4.78 is 1.98. The molecule has 27 heavy (non-hydrogen) atoms. The van der Waals surface area contributed by atoms with Crippen LogP contribution in [0.5, 0.6) is 0 Å². The largest absolute Gasteiger partial charge is 0.320 e. The average molecular weight is 382 g/mol. The SMILES string of the molecule is C=CCn1c(SCC(=O)Nc2ccc(C)cc2[N+](=O)[O-])nc2ccccc21. The number of para-hydroxylation sites is 2. The molecule has 1 aromatic heterocycles. The highest BCUT2D eigenvalue weighted by Gasteiger charge is 2.17. The molecule has 0 spiro atoms. The van der Waals surface area contributed by atoms with Crippen molar-refractivity contribution in [3.8, 4) is 0 Å². The van der Waals surface area contributed by atoms with Gasteiger partial charge in [-0.25, -0.2) is 4.98 Å². The van der Waals surface area contributed by atoms with Crippen LogP contribution in [0.1, 0.15) is 5.56 Å². The standard InChI is InChI=1S/C19H18N4O3S/c1-3-10-22-16-7-5-4-6-14(16)21-19(22)27-12-18(24)20-15-9-8-13(2)11-17(15)23(25)26/h3-9,11H,1,10,12H2,2H3,(H,20,24). The number of imidazole rings is 1. The van der Waals surface area contributed by atoms with Gasteiger partial charge in [0.05, 0.1) is 21.7 Å². The summed E-state index contributed by atoms with van der Waals surface area (Å²) in [6, 6.07) is 12.4. The van der Waals surface area contributed by atoms with Crippen molar-refractivity contribution in [1.82, 2.24) is 9.55 Å². The summed E-state index contributed by atoms with van der Waals surface area (Å²) in [5.41, 5.74) is 2.64. The van der Waals surface area contributed by atoms with Crippen molar-refractivity contribution < 1.29 is 9.72 Å². The molecular weight excluding hydrogens is 364 g/mol. The number of benzene rings is 2. The molecule has 0 bridgehead atoms. The predicted molar refractivity (Wildman–Crippen MR) is 107 cm³/mol. The van der Waals surface area contributed by atoms with Crippen LogP contribution < -0.4 is 5.32 Å². The van der Waals surface area contributed by atoms with E-state index in [9.17, 15) is 14.9 Å². The number of anilines is 1. The number of fused-ring (bicyclic) bond motifs is 1. The van der Waals surface area contributed by atoms with Gasteiger partial charge in [-0.1, -0.05) is 36.0 Å². The molecule has 0 saturated heterocycles. The first-order chi connectivity index (χ1) is 13.0. The molecule has 0 aliphatic rings. The molecule has 0 aliphatic carbocycles. The van der Waals surface area contributed by atoms with Crippen molar-refractivity contribution in [3.63, 3.8) is 0 Å². The number of nitro benzene ring substituents is 1. The second-order valence-electron chi connectivity index (χ2n) is 5.90. The lowest BCUT2D eigenvalue weighted by atomic mass is 10.2. The molecule has 0 aliphatic heterocycles. The average Bonchev–Trinajstić information content (AvgIpc) is 2.99. The normalized spacial score (nSPS) is 10.7. The Hall–Kier alpha value is -3.13. The zero-order valence-electron chi connectivity index (χ0n) is 14.7. The maximum Gasteiger partial charge on any atom is 0.293 e. The number of hydrogen-bond donors (Lipinski definition) is 1. The highest BCUT2D eigenvalue weighted by Crippen LogP contribution is 2.27. The van der Waals surface area contributed by atoms with E-state index in [0.717, 1.165) is 16.6 Å². The van der Waals surface area contributed by atoms with Crippen molar-refractivity contribution in [1.29, 1.82) is 0 Å². The second kappa shape index (κ2) is 8.05. The second-order valence-corrected chi connectivity index (χ2v) is 6.84. The van der Waals surface area contributed by atoms with Gasteiger partial charge in [0, 0.05) is 12.6 Å². The van der Waals surface area contributed by atoms with Crippen LogP contribution in [0.4, 0.5) is 11.4 Å². The fraction of sp³-hybridized carbons (Fsp3) is 0.158. The quantitative estimate of drug-likeness (QED) is 0.287. The Morgan fingerprint density at radius 3 is 2.89 bits per heavy atom. The first-order valence-corrected chi connectivity index (χ1v) is 9.22. The highest BCUT2D eigenvalue weighted by atomic mass is 32.2. The Morgan fingerprint density at radius 1 is 1.37 bits per heavy atom. The summed E-state index contributed by atoms with van der Waals surface area (Å²) >= 11 is 1.28. The van der Waals surface area contributed by atoms with Crippen molar-refractivity contribution in [2.45, 2.75) is 18.6 Å². The van der Waals surface area contributed by atoms with E-state index in [0.29, 0.717) is 11.7 Å². The van der Waals surface area contributed by atoms with E-state index < -0.39 is 4.92 Å². The number of nitrogens with one attached hydrogen (secondary N) is 1. The molecule has 0 unspecified atom stereocenters. The zero-order valence-corrected chi connectivity index (χ0v) is 15.5. The fourth-order valence-electron chi connectivity index (χ4n) is 2.68. The lowest BCUT2D eigenvalue weighted by Gasteiger charge is -2.08. The van der Waals surface area contributed by atoms with Crippen molar-refractivity contribution >= 4 is 40.1 Å². The molecule has 0 saturated carbocycles. The number of aromatic nitrogens is 2. The molecule has 0 radical (unpaired) electrons. The van der Waals surface area contributed by atoms with Gasteiger partial charge in [0.2, 0.25) is 5.91 Å². The monoisotopic (exact) mass is 382 g/mol. The number of amides is 1. The third kappa shape index (κ3) is 4.17. The van der Waals surface area contributed by atoms with E-state index in [-0.39, 0.29) is 23.0 Å². The molecule has 0 atom stereocenters. The Balaban J connectivity index is 1.75. The number of carbonyl (C=O) groups is 1. The molecule has 1 heterocycles. The smallest absolute Gasteiger partial charge is 0.293 e. The Bertz CT molecular complexity index is 1030. The van der Waals surface area contributed by atoms with Crippen LogP contribution in [0.25, 0.3) is 11.0 Å². The van der Waals surface area contributed by atoms with E-state index in [2.05, 4.69) is 16.9 Å². The van der Waals surface area contributed by atoms with E-state index in [1.807, 2.05) is 28.8 Å². The van der Waals surface area contributed by atoms with Gasteiger partial charge in [0.1, 0.15) is 5.69 Å². The number of allylic oxidation sites excluding steroid dienone is 1. The fourth-order valence-corrected chi connectivity index (χ4v) is 3.51. The summed E-state index contributed by atoms with van der Waals surface area (Å²) in [5, 5.41) is 14.5. The summed E-state index contributed by atoms with van der Waals surface area (Å²) in [5.74, 6) is -0.241. The molecule has 1 N–H and O–H groups in total. The number of aryl methyl sites for hydroxylation is 1. The minimum atomic E-state index is -0.501. The molecule has 3 aromatic rings. The van der Waals surface area contributed by atoms with Crippen LogP contribution >= 0.6 is 11.8 Å². The molecule has 2 aromatic carbocycles. The lowest BCUT2D eigenvalue weighted by Crippen LogP contribution is -2.15. The Kier molecular flexibility index (Phi) is 5.56. The van der Waals surface area contributed by atoms with Crippen LogP contribution in [0.3, 0.4) is 0 Å². The third-order valence-electron chi connectivity index (χ3n) is 3.89. The van der Waals surface area contributed by atoms with E-state index >= 15 is 0 Å². The number of nitro groups is 1. The third-order valence-corrected chi connectivity index (χ3v) is 4.86. The number of carbonyl (C=O) groups excluding carboxylic acids is 1. The van der Waals surface area contributed by atoms with E-state index in [4.69, 9.17) is 0 Å². The highest BCUT2D eigenvalue weighted by molar-refractivity contribution is 7.99. The molecule has 7 nitrogen and oxygen atoms in total. The number of hydrogen-bond acceptors (Lipinski definition) is 5. The predicted octanol–water partition coefficient (Wildman–Crippen LogP) is 4.17. The number of nitrogens with zero attached hydrogens (tertiary/aromatic N) is 3. The van der Waals surface area contributed by atoms with Crippen LogP contribution in [0, 0.1) is 17.0 Å². The van der Waals surface area contributed by atoms with Crippen LogP contribution in [-0.2, 0) is 11.3 Å². The van der Waals surface area contributed by atoms with Gasteiger partial charge in [-0.2, -0.15) is 0 Å². The maximum absolute atomic E-state index is 12.3. The maximum atomic E-state index is 12.3. The lowest BCUT2D eigenvalue weighted by molar-refractivity contribution is -0.384. The zero-order chi connectivity index (χ0) is 19.4. The molecule has 138 valence electrons. The molecular formula is C19H18N4O3S. The van der Waals surface area contributed by atoms with Gasteiger partial charge in [0.25, 0.3) is 5.69 Å². The molecule has 8 heteroatoms. The Labute approximate surface area is 160 Å². The van der Waals surface area contributed by atoms with Gasteiger partial charge >= 0.3 is 0 Å². The van der Waals surface area contributed by atoms with Crippen LogP contribution in [0.15, 0.2) is 60.3 Å². The topological polar surface area (TPSA) is 90.1 Å². The van der Waals surface area contributed by atoms with Crippen molar-refractivity contribution in [2.75, 3.05) is 11.1 Å². The molecule has 3 rings (SSSR count). The summed E-state index contributed by atoms with van der Waals surface area (Å²) in [4.78, 5) is 27.6. The Morgan fingerprint density at radius 2 is 2.15 bits per heavy atom. The van der Waals surface area contributed by atoms with Crippen molar-refractivity contribution in [2.24, 2.45) is 0 Å². The summed E-state index contributed by atoms with van der Waals surface area (Å²) in [6.45, 7) is 6.11.